The van der Waals surface area contributed by atoms with E-state index < -0.39 is 44.8 Å². The Labute approximate surface area is 257 Å². The molecule has 4 nitrogen and oxygen atoms in total. The standard InChI is InChI=1S/C35H53F3O4S/c1-7-34(40)18-17-31(4)24(20-34)13-14-26-27(31)15-16-32(5)28(19-22(2)30(26)32)23(3)29(21-33(6,39)35(36,37)38)43(41,42)25-11-9-8-10-12-25/h8-12,22-24,26-30,39-40H,7,13-21H2,1-6H3/t22-,23+,24+,26-,27+,28-,29?,30+,31+,32-,33+,34+/m1/s1. The summed E-state index contributed by atoms with van der Waals surface area (Å²) >= 11 is 0. The summed E-state index contributed by atoms with van der Waals surface area (Å²) in [4.78, 5) is 0.0110. The van der Waals surface area contributed by atoms with Crippen LogP contribution in [0.5, 0.6) is 0 Å². The van der Waals surface area contributed by atoms with Gasteiger partial charge in [0.2, 0.25) is 0 Å². The molecule has 0 aliphatic heterocycles. The molecule has 1 aromatic carbocycles. The Balaban J connectivity index is 1.47. The summed E-state index contributed by atoms with van der Waals surface area (Å²) in [5, 5.41) is 20.4. The van der Waals surface area contributed by atoms with Crippen molar-refractivity contribution < 1.29 is 31.8 Å². The number of hydrogen-bond donors (Lipinski definition) is 2. The van der Waals surface area contributed by atoms with Crippen LogP contribution in [-0.2, 0) is 9.84 Å². The second kappa shape index (κ2) is 11.0. The summed E-state index contributed by atoms with van der Waals surface area (Å²) in [6, 6.07) is 7.78. The summed E-state index contributed by atoms with van der Waals surface area (Å²) in [6.45, 7) is 11.6. The van der Waals surface area contributed by atoms with Crippen molar-refractivity contribution in [2.24, 2.45) is 52.3 Å². The number of fused-ring (bicyclic) bond motifs is 5. The highest BCUT2D eigenvalue weighted by molar-refractivity contribution is 7.92. The van der Waals surface area contributed by atoms with Gasteiger partial charge in [-0.3, -0.25) is 0 Å². The van der Waals surface area contributed by atoms with Gasteiger partial charge in [0.05, 0.1) is 15.7 Å². The molecule has 0 saturated heterocycles. The molecule has 0 bridgehead atoms. The van der Waals surface area contributed by atoms with Crippen molar-refractivity contribution in [3.05, 3.63) is 30.3 Å². The first kappa shape index (κ1) is 33.2. The molecule has 4 saturated carbocycles. The van der Waals surface area contributed by atoms with Crippen molar-refractivity contribution in [2.75, 3.05) is 0 Å². The zero-order valence-electron chi connectivity index (χ0n) is 26.8. The SMILES string of the molecule is CC[C@]1(O)CC[C@@]2(C)[C@@H](CC[C@H]3[C@@H]4[C@H](C)C[C@H]([C@H](C)C(C[C@](C)(O)C(F)(F)F)S(=O)(=O)c5ccccc5)[C@@]4(C)CC[C@@H]32)C1. The molecule has 0 heterocycles. The van der Waals surface area contributed by atoms with E-state index in [4.69, 9.17) is 0 Å². The Morgan fingerprint density at radius 1 is 1.02 bits per heavy atom. The van der Waals surface area contributed by atoms with Gasteiger partial charge in [0.1, 0.15) is 0 Å². The quantitative estimate of drug-likeness (QED) is 0.320. The molecule has 0 amide bonds. The lowest BCUT2D eigenvalue weighted by molar-refractivity contribution is -0.255. The van der Waals surface area contributed by atoms with E-state index in [1.807, 2.05) is 6.92 Å². The van der Waals surface area contributed by atoms with Crippen molar-refractivity contribution in [1.29, 1.82) is 0 Å². The molecule has 4 aliphatic rings. The van der Waals surface area contributed by atoms with E-state index in [0.29, 0.717) is 36.5 Å². The third kappa shape index (κ3) is 5.41. The van der Waals surface area contributed by atoms with Gasteiger partial charge in [-0.1, -0.05) is 52.8 Å². The maximum atomic E-state index is 14.1. The number of rotatable bonds is 7. The second-order valence-corrected chi connectivity index (χ2v) is 18.1. The van der Waals surface area contributed by atoms with Gasteiger partial charge in [0.25, 0.3) is 0 Å². The minimum atomic E-state index is -4.94. The van der Waals surface area contributed by atoms with Gasteiger partial charge < -0.3 is 10.2 Å². The summed E-state index contributed by atoms with van der Waals surface area (Å²) in [5.41, 5.74) is -3.68. The Kier molecular flexibility index (Phi) is 8.51. The van der Waals surface area contributed by atoms with Crippen LogP contribution < -0.4 is 0 Å². The van der Waals surface area contributed by atoms with Gasteiger partial charge in [-0.25, -0.2) is 8.42 Å². The third-order valence-electron chi connectivity index (χ3n) is 13.8. The first-order valence-electron chi connectivity index (χ1n) is 16.6. The lowest BCUT2D eigenvalue weighted by Crippen LogP contribution is -2.57. The summed E-state index contributed by atoms with van der Waals surface area (Å²) in [7, 11) is -4.16. The number of sulfone groups is 1. The van der Waals surface area contributed by atoms with Crippen LogP contribution in [0.15, 0.2) is 35.2 Å². The highest BCUT2D eigenvalue weighted by Crippen LogP contribution is 2.70. The van der Waals surface area contributed by atoms with Crippen molar-refractivity contribution >= 4 is 9.84 Å². The number of hydrogen-bond acceptors (Lipinski definition) is 4. The lowest BCUT2D eigenvalue weighted by Gasteiger charge is -2.63. The average molecular weight is 627 g/mol. The summed E-state index contributed by atoms with van der Waals surface area (Å²) < 4.78 is 70.2. The molecule has 4 fully saturated rings. The maximum Gasteiger partial charge on any atom is 0.416 e. The minimum absolute atomic E-state index is 0.0110. The zero-order valence-corrected chi connectivity index (χ0v) is 27.6. The molecule has 0 radical (unpaired) electrons. The van der Waals surface area contributed by atoms with E-state index in [0.717, 1.165) is 57.8 Å². The molecule has 8 heteroatoms. The summed E-state index contributed by atoms with van der Waals surface area (Å²) in [6.07, 6.45) is 2.68. The molecular formula is C35H53F3O4S. The van der Waals surface area contributed by atoms with Crippen LogP contribution in [0.25, 0.3) is 0 Å². The highest BCUT2D eigenvalue weighted by atomic mass is 32.2. The van der Waals surface area contributed by atoms with E-state index >= 15 is 0 Å². The third-order valence-corrected chi connectivity index (χ3v) is 16.1. The summed E-state index contributed by atoms with van der Waals surface area (Å²) in [5.74, 6) is 1.65. The first-order valence-corrected chi connectivity index (χ1v) is 18.2. The lowest BCUT2D eigenvalue weighted by atomic mass is 9.43. The predicted octanol–water partition coefficient (Wildman–Crippen LogP) is 8.21. The Morgan fingerprint density at radius 2 is 1.67 bits per heavy atom. The van der Waals surface area contributed by atoms with Crippen LogP contribution in [-0.4, -0.2) is 41.3 Å². The molecule has 12 atom stereocenters. The minimum Gasteiger partial charge on any atom is -0.390 e. The van der Waals surface area contributed by atoms with E-state index in [9.17, 15) is 31.8 Å². The van der Waals surface area contributed by atoms with Gasteiger partial charge in [0, 0.05) is 6.42 Å². The van der Waals surface area contributed by atoms with Gasteiger partial charge in [-0.15, -0.1) is 0 Å². The molecule has 43 heavy (non-hydrogen) atoms. The Hall–Kier alpha value is -1.12. The Bertz CT molecular complexity index is 1270. The van der Waals surface area contributed by atoms with Gasteiger partial charge in [0.15, 0.2) is 15.4 Å². The molecule has 5 rings (SSSR count). The van der Waals surface area contributed by atoms with E-state index in [2.05, 4.69) is 27.7 Å². The topological polar surface area (TPSA) is 74.6 Å². The second-order valence-electron chi connectivity index (χ2n) is 16.0. The largest absolute Gasteiger partial charge is 0.416 e. The smallest absolute Gasteiger partial charge is 0.390 e. The van der Waals surface area contributed by atoms with Crippen LogP contribution in [0.2, 0.25) is 0 Å². The van der Waals surface area contributed by atoms with Crippen LogP contribution in [0.1, 0.15) is 106 Å². The van der Waals surface area contributed by atoms with Gasteiger partial charge in [-0.2, -0.15) is 13.2 Å². The number of alkyl halides is 3. The molecule has 2 N–H and O–H groups in total. The Morgan fingerprint density at radius 3 is 2.28 bits per heavy atom. The van der Waals surface area contributed by atoms with E-state index in [-0.39, 0.29) is 21.6 Å². The normalized spacial score (nSPS) is 42.7. The van der Waals surface area contributed by atoms with Crippen molar-refractivity contribution in [2.45, 2.75) is 133 Å². The fourth-order valence-electron chi connectivity index (χ4n) is 11.2. The zero-order chi connectivity index (χ0) is 31.8. The van der Waals surface area contributed by atoms with Crippen molar-refractivity contribution in [1.82, 2.24) is 0 Å². The van der Waals surface area contributed by atoms with Crippen molar-refractivity contribution in [3.8, 4) is 0 Å². The van der Waals surface area contributed by atoms with Gasteiger partial charge in [-0.05, 0) is 129 Å². The van der Waals surface area contributed by atoms with Crippen LogP contribution in [0, 0.1) is 52.3 Å². The molecular weight excluding hydrogens is 573 g/mol. The molecule has 1 aromatic rings. The fourth-order valence-corrected chi connectivity index (χ4v) is 13.4. The molecule has 4 aliphatic carbocycles. The van der Waals surface area contributed by atoms with Gasteiger partial charge >= 0.3 is 6.18 Å². The predicted molar refractivity (Wildman–Crippen MR) is 163 cm³/mol. The van der Waals surface area contributed by atoms with E-state index in [1.54, 1.807) is 18.2 Å². The first-order chi connectivity index (χ1) is 19.8. The number of aliphatic hydroxyl groups is 2. The average Bonchev–Trinajstić information content (AvgIpc) is 3.22. The number of benzene rings is 1. The molecule has 1 unspecified atom stereocenters. The molecule has 244 valence electrons. The highest BCUT2D eigenvalue weighted by Gasteiger charge is 2.64. The number of halogens is 3. The fraction of sp³-hybridized carbons (Fsp3) is 0.829. The maximum absolute atomic E-state index is 14.1. The van der Waals surface area contributed by atoms with Crippen LogP contribution in [0.4, 0.5) is 13.2 Å². The van der Waals surface area contributed by atoms with Crippen LogP contribution in [0.3, 0.4) is 0 Å². The monoisotopic (exact) mass is 626 g/mol. The van der Waals surface area contributed by atoms with Crippen molar-refractivity contribution in [3.63, 3.8) is 0 Å². The van der Waals surface area contributed by atoms with E-state index in [1.165, 1.54) is 12.1 Å². The molecule has 0 aromatic heterocycles. The molecule has 0 spiro atoms. The van der Waals surface area contributed by atoms with Crippen LogP contribution >= 0.6 is 0 Å².